The Balaban J connectivity index is 1.58. The van der Waals surface area contributed by atoms with Crippen molar-refractivity contribution in [2.75, 3.05) is 23.8 Å². The molecule has 1 heterocycles. The van der Waals surface area contributed by atoms with Crippen LogP contribution in [0.25, 0.3) is 0 Å². The molecule has 21 heavy (non-hydrogen) atoms. The number of carbonyl (C=O) groups is 1. The van der Waals surface area contributed by atoms with E-state index in [1.165, 1.54) is 25.7 Å². The fourth-order valence-electron chi connectivity index (χ4n) is 3.18. The van der Waals surface area contributed by atoms with Gasteiger partial charge in [-0.05, 0) is 43.9 Å². The van der Waals surface area contributed by atoms with E-state index in [-0.39, 0.29) is 11.8 Å². The molecular formula is C17H24N2O2. The Morgan fingerprint density at radius 1 is 1.10 bits per heavy atom. The van der Waals surface area contributed by atoms with Crippen molar-refractivity contribution in [1.82, 2.24) is 0 Å². The summed E-state index contributed by atoms with van der Waals surface area (Å²) in [5.41, 5.74) is 1.97. The van der Waals surface area contributed by atoms with Gasteiger partial charge in [0, 0.05) is 24.0 Å². The van der Waals surface area contributed by atoms with Crippen molar-refractivity contribution in [2.24, 2.45) is 5.92 Å². The lowest BCUT2D eigenvalue weighted by molar-refractivity contribution is -0.123. The number of nitrogens with one attached hydrogen (secondary N) is 2. The molecule has 2 N–H and O–H groups in total. The van der Waals surface area contributed by atoms with E-state index in [9.17, 15) is 4.79 Å². The van der Waals surface area contributed by atoms with E-state index < -0.39 is 0 Å². The molecule has 3 rings (SSSR count). The molecule has 0 bridgehead atoms. The molecule has 1 unspecified atom stereocenters. The number of anilines is 2. The lowest BCUT2D eigenvalue weighted by atomic mass is 10.0. The molecule has 1 aromatic carbocycles. The van der Waals surface area contributed by atoms with Gasteiger partial charge in [-0.1, -0.05) is 18.9 Å². The van der Waals surface area contributed by atoms with Gasteiger partial charge in [-0.15, -0.1) is 0 Å². The quantitative estimate of drug-likeness (QED) is 0.892. The highest BCUT2D eigenvalue weighted by Crippen LogP contribution is 2.24. The number of carbonyl (C=O) groups excluding carboxylic acids is 1. The summed E-state index contributed by atoms with van der Waals surface area (Å²) in [6, 6.07) is 8.62. The zero-order valence-corrected chi connectivity index (χ0v) is 12.4. The van der Waals surface area contributed by atoms with Crippen molar-refractivity contribution in [2.45, 2.75) is 44.6 Å². The zero-order valence-electron chi connectivity index (χ0n) is 12.4. The summed E-state index contributed by atoms with van der Waals surface area (Å²) in [7, 11) is 0. The molecule has 2 aliphatic rings. The maximum Gasteiger partial charge on any atom is 0.229 e. The highest BCUT2D eigenvalue weighted by atomic mass is 16.5. The first-order chi connectivity index (χ1) is 10.3. The van der Waals surface area contributed by atoms with Gasteiger partial charge in [-0.3, -0.25) is 4.79 Å². The normalized spacial score (nSPS) is 23.0. The number of hydrogen-bond acceptors (Lipinski definition) is 3. The molecule has 1 amide bonds. The lowest BCUT2D eigenvalue weighted by Crippen LogP contribution is -2.30. The lowest BCUT2D eigenvalue weighted by Gasteiger charge is -2.21. The average molecular weight is 288 g/mol. The third-order valence-electron chi connectivity index (χ3n) is 4.39. The van der Waals surface area contributed by atoms with Gasteiger partial charge < -0.3 is 15.4 Å². The predicted octanol–water partition coefficient (Wildman–Crippen LogP) is 3.41. The Bertz CT molecular complexity index is 477. The third-order valence-corrected chi connectivity index (χ3v) is 4.39. The summed E-state index contributed by atoms with van der Waals surface area (Å²) in [5, 5.41) is 6.58. The van der Waals surface area contributed by atoms with E-state index in [1.807, 2.05) is 18.2 Å². The van der Waals surface area contributed by atoms with Crippen LogP contribution in [0.5, 0.6) is 0 Å². The van der Waals surface area contributed by atoms with Crippen LogP contribution in [0, 0.1) is 5.92 Å². The van der Waals surface area contributed by atoms with Crippen LogP contribution >= 0.6 is 0 Å². The van der Waals surface area contributed by atoms with Crippen LogP contribution in [0.1, 0.15) is 38.5 Å². The smallest absolute Gasteiger partial charge is 0.229 e. The molecule has 0 aromatic heterocycles. The van der Waals surface area contributed by atoms with E-state index in [1.54, 1.807) is 0 Å². The van der Waals surface area contributed by atoms with Gasteiger partial charge in [0.25, 0.3) is 0 Å². The van der Waals surface area contributed by atoms with Crippen molar-refractivity contribution < 1.29 is 9.53 Å². The topological polar surface area (TPSA) is 50.4 Å². The number of benzene rings is 1. The SMILES string of the molecule is O=C(Nc1cccc(NC2CCCC2)c1)C1CCCOC1. The van der Waals surface area contributed by atoms with Gasteiger partial charge in [0.1, 0.15) is 0 Å². The Kier molecular flexibility index (Phi) is 4.76. The molecule has 1 saturated heterocycles. The summed E-state index contributed by atoms with van der Waals surface area (Å²) < 4.78 is 5.38. The van der Waals surface area contributed by atoms with Crippen molar-refractivity contribution in [3.05, 3.63) is 24.3 Å². The molecule has 4 nitrogen and oxygen atoms in total. The minimum atomic E-state index is -0.00908. The molecule has 0 radical (unpaired) electrons. The molecule has 1 atom stereocenters. The van der Waals surface area contributed by atoms with E-state index in [2.05, 4.69) is 16.7 Å². The Labute approximate surface area is 126 Å². The van der Waals surface area contributed by atoms with Crippen LogP contribution in [0.3, 0.4) is 0 Å². The van der Waals surface area contributed by atoms with E-state index in [0.717, 1.165) is 30.8 Å². The summed E-state index contributed by atoms with van der Waals surface area (Å²) in [5.74, 6) is 0.0675. The van der Waals surface area contributed by atoms with Crippen LogP contribution in [0.15, 0.2) is 24.3 Å². The zero-order chi connectivity index (χ0) is 14.5. The monoisotopic (exact) mass is 288 g/mol. The van der Waals surface area contributed by atoms with Gasteiger partial charge in [-0.2, -0.15) is 0 Å². The second kappa shape index (κ2) is 6.94. The van der Waals surface area contributed by atoms with E-state index in [4.69, 9.17) is 4.74 Å². The largest absolute Gasteiger partial charge is 0.382 e. The summed E-state index contributed by atoms with van der Waals surface area (Å²) in [4.78, 5) is 12.2. The van der Waals surface area contributed by atoms with Gasteiger partial charge >= 0.3 is 0 Å². The molecule has 0 spiro atoms. The summed E-state index contributed by atoms with van der Waals surface area (Å²) in [6.07, 6.45) is 7.02. The molecule has 1 aliphatic carbocycles. The molecule has 2 fully saturated rings. The third kappa shape index (κ3) is 3.97. The number of rotatable bonds is 4. The predicted molar refractivity (Wildman–Crippen MR) is 84.5 cm³/mol. The minimum absolute atomic E-state index is 0.00908. The van der Waals surface area contributed by atoms with Crippen LogP contribution in [-0.4, -0.2) is 25.2 Å². The second-order valence-electron chi connectivity index (χ2n) is 6.11. The molecule has 114 valence electrons. The maximum absolute atomic E-state index is 12.2. The maximum atomic E-state index is 12.2. The number of hydrogen-bond donors (Lipinski definition) is 2. The van der Waals surface area contributed by atoms with Gasteiger partial charge in [0.05, 0.1) is 12.5 Å². The average Bonchev–Trinajstić information content (AvgIpc) is 3.01. The molecule has 1 aromatic rings. The summed E-state index contributed by atoms with van der Waals surface area (Å²) >= 11 is 0. The van der Waals surface area contributed by atoms with Crippen molar-refractivity contribution in [1.29, 1.82) is 0 Å². The van der Waals surface area contributed by atoms with Crippen molar-refractivity contribution in [3.8, 4) is 0 Å². The minimum Gasteiger partial charge on any atom is -0.382 e. The first-order valence-electron chi connectivity index (χ1n) is 8.06. The fraction of sp³-hybridized carbons (Fsp3) is 0.588. The Hall–Kier alpha value is -1.55. The highest BCUT2D eigenvalue weighted by Gasteiger charge is 2.22. The van der Waals surface area contributed by atoms with E-state index >= 15 is 0 Å². The molecular weight excluding hydrogens is 264 g/mol. The van der Waals surface area contributed by atoms with Crippen LogP contribution in [0.4, 0.5) is 11.4 Å². The Morgan fingerprint density at radius 3 is 2.67 bits per heavy atom. The number of ether oxygens (including phenoxy) is 1. The molecule has 4 heteroatoms. The second-order valence-corrected chi connectivity index (χ2v) is 6.11. The van der Waals surface area contributed by atoms with Crippen LogP contribution in [0.2, 0.25) is 0 Å². The van der Waals surface area contributed by atoms with Crippen LogP contribution in [-0.2, 0) is 9.53 Å². The van der Waals surface area contributed by atoms with E-state index in [0.29, 0.717) is 12.6 Å². The highest BCUT2D eigenvalue weighted by molar-refractivity contribution is 5.93. The molecule has 1 aliphatic heterocycles. The number of amides is 1. The van der Waals surface area contributed by atoms with Gasteiger partial charge in [0.2, 0.25) is 5.91 Å². The molecule has 1 saturated carbocycles. The van der Waals surface area contributed by atoms with Crippen molar-refractivity contribution >= 4 is 17.3 Å². The van der Waals surface area contributed by atoms with Gasteiger partial charge in [0.15, 0.2) is 0 Å². The van der Waals surface area contributed by atoms with Crippen molar-refractivity contribution in [3.63, 3.8) is 0 Å². The Morgan fingerprint density at radius 2 is 1.90 bits per heavy atom. The first-order valence-corrected chi connectivity index (χ1v) is 8.06. The summed E-state index contributed by atoms with van der Waals surface area (Å²) in [6.45, 7) is 1.33. The standard InChI is InChI=1S/C17H24N2O2/c20-17(13-5-4-10-21-12-13)19-16-9-3-8-15(11-16)18-14-6-1-2-7-14/h3,8-9,11,13-14,18H,1-2,4-7,10,12H2,(H,19,20). The fourth-order valence-corrected chi connectivity index (χ4v) is 3.18. The van der Waals surface area contributed by atoms with Crippen LogP contribution < -0.4 is 10.6 Å². The van der Waals surface area contributed by atoms with Gasteiger partial charge in [-0.25, -0.2) is 0 Å². The first kappa shape index (κ1) is 14.4.